The maximum Gasteiger partial charge on any atom is 0.221 e. The zero-order valence-electron chi connectivity index (χ0n) is 15.1. The molecule has 0 amide bonds. The first-order valence-corrected chi connectivity index (χ1v) is 10.3. The Bertz CT molecular complexity index is 831. The molecule has 2 aromatic rings. The van der Waals surface area contributed by atoms with Crippen LogP contribution in [0.4, 0.5) is 0 Å². The van der Waals surface area contributed by atoms with Gasteiger partial charge in [0.15, 0.2) is 12.5 Å². The van der Waals surface area contributed by atoms with Crippen LogP contribution in [0.1, 0.15) is 38.5 Å². The Hall–Kier alpha value is -1.37. The maximum absolute atomic E-state index is 6.17. The Balaban J connectivity index is 1.59. The second-order valence-corrected chi connectivity index (χ2v) is 8.29. The number of aromatic amines is 1. The van der Waals surface area contributed by atoms with Crippen LogP contribution in [0.5, 0.6) is 5.75 Å². The smallest absolute Gasteiger partial charge is 0.221 e. The van der Waals surface area contributed by atoms with Crippen molar-refractivity contribution in [3.8, 4) is 17.1 Å². The minimum Gasteiger partial charge on any atom is -0.496 e. The monoisotopic (exact) mass is 393 g/mol. The van der Waals surface area contributed by atoms with Gasteiger partial charge in [-0.2, -0.15) is 4.98 Å². The van der Waals surface area contributed by atoms with Gasteiger partial charge in [0.2, 0.25) is 4.77 Å². The molecule has 1 aliphatic heterocycles. The molecular weight excluding hydrogens is 368 g/mol. The summed E-state index contributed by atoms with van der Waals surface area (Å²) >= 11 is 11.7. The van der Waals surface area contributed by atoms with E-state index in [0.29, 0.717) is 15.6 Å². The van der Waals surface area contributed by atoms with E-state index in [2.05, 4.69) is 10.1 Å². The van der Waals surface area contributed by atoms with E-state index in [0.717, 1.165) is 29.9 Å². The fourth-order valence-electron chi connectivity index (χ4n) is 4.72. The van der Waals surface area contributed by atoms with Crippen molar-refractivity contribution in [2.24, 2.45) is 5.92 Å². The van der Waals surface area contributed by atoms with Gasteiger partial charge >= 0.3 is 0 Å². The third kappa shape index (κ3) is 3.55. The third-order valence-corrected chi connectivity index (χ3v) is 6.51. The van der Waals surface area contributed by atoms with Crippen molar-refractivity contribution in [2.75, 3.05) is 13.7 Å². The normalized spacial score (nSPS) is 25.7. The Morgan fingerprint density at radius 2 is 2.12 bits per heavy atom. The number of benzene rings is 1. The van der Waals surface area contributed by atoms with E-state index >= 15 is 0 Å². The molecule has 2 N–H and O–H groups in total. The molecule has 3 atom stereocenters. The first-order chi connectivity index (χ1) is 12.7. The van der Waals surface area contributed by atoms with Gasteiger partial charge in [-0.3, -0.25) is 5.10 Å². The number of H-pyrrole nitrogens is 1. The quantitative estimate of drug-likeness (QED) is 0.782. The summed E-state index contributed by atoms with van der Waals surface area (Å²) < 4.78 is 8.06. The number of fused-ring (bicyclic) bond motifs is 1. The molecule has 1 saturated carbocycles. The highest BCUT2D eigenvalue weighted by Crippen LogP contribution is 2.30. The lowest BCUT2D eigenvalue weighted by molar-refractivity contribution is -0.958. The van der Waals surface area contributed by atoms with Crippen molar-refractivity contribution in [1.82, 2.24) is 14.8 Å². The summed E-state index contributed by atoms with van der Waals surface area (Å²) in [5.74, 6) is 2.34. The minimum absolute atomic E-state index is 0.590. The lowest BCUT2D eigenvalue weighted by Crippen LogP contribution is -3.17. The molecule has 2 aliphatic rings. The van der Waals surface area contributed by atoms with E-state index in [1.807, 2.05) is 22.9 Å². The SMILES string of the molecule is COc1ccc(Cl)cc1-c1nc(=S)n(C[NH+]2CCC[C@H]3CCCC[C@@H]32)[nH]1. The predicted octanol–water partition coefficient (Wildman–Crippen LogP) is 3.46. The number of nitrogens with zero attached hydrogens (tertiary/aromatic N) is 2. The number of hydrogen-bond acceptors (Lipinski definition) is 3. The predicted molar refractivity (Wildman–Crippen MR) is 105 cm³/mol. The van der Waals surface area contributed by atoms with E-state index in [4.69, 9.17) is 28.6 Å². The number of nitrogens with one attached hydrogen (secondary N) is 2. The number of ether oxygens (including phenoxy) is 1. The molecule has 7 heteroatoms. The van der Waals surface area contributed by atoms with E-state index in [1.54, 1.807) is 12.0 Å². The first kappa shape index (κ1) is 18.0. The van der Waals surface area contributed by atoms with Gasteiger partial charge in [0.1, 0.15) is 5.75 Å². The summed E-state index contributed by atoms with van der Waals surface area (Å²) in [6.45, 7) is 2.08. The van der Waals surface area contributed by atoms with Crippen molar-refractivity contribution in [3.63, 3.8) is 0 Å². The number of likely N-dealkylation sites (tertiary alicyclic amines) is 1. The van der Waals surface area contributed by atoms with Crippen LogP contribution in [0.2, 0.25) is 5.02 Å². The standard InChI is InChI=1S/C19H25ClN4OS/c1-25-17-9-8-14(20)11-15(17)18-21-19(26)24(22-18)12-23-10-4-6-13-5-2-3-7-16(13)23/h8-9,11,13,16H,2-7,10,12H2,1H3,(H,21,22,26)/p+1/t13-,16+/m1/s1. The number of rotatable bonds is 4. The molecule has 0 radical (unpaired) electrons. The van der Waals surface area contributed by atoms with Crippen LogP contribution >= 0.6 is 23.8 Å². The van der Waals surface area contributed by atoms with E-state index < -0.39 is 0 Å². The van der Waals surface area contributed by atoms with Crippen molar-refractivity contribution < 1.29 is 9.64 Å². The molecule has 140 valence electrons. The van der Waals surface area contributed by atoms with Crippen LogP contribution in [0, 0.1) is 10.7 Å². The van der Waals surface area contributed by atoms with Gasteiger partial charge in [-0.15, -0.1) is 0 Å². The molecular formula is C19H26ClN4OS+. The molecule has 26 heavy (non-hydrogen) atoms. The number of quaternary nitrogens is 1. The Morgan fingerprint density at radius 1 is 1.31 bits per heavy atom. The van der Waals surface area contributed by atoms with Crippen molar-refractivity contribution in [1.29, 1.82) is 0 Å². The summed E-state index contributed by atoms with van der Waals surface area (Å²) in [5.41, 5.74) is 0.842. The number of hydrogen-bond donors (Lipinski definition) is 2. The largest absolute Gasteiger partial charge is 0.496 e. The summed E-state index contributed by atoms with van der Waals surface area (Å²) in [4.78, 5) is 6.21. The van der Waals surface area contributed by atoms with Gasteiger partial charge in [-0.1, -0.05) is 18.0 Å². The van der Waals surface area contributed by atoms with Crippen molar-refractivity contribution in [2.45, 2.75) is 51.2 Å². The molecule has 0 spiro atoms. The number of halogens is 1. The van der Waals surface area contributed by atoms with Crippen LogP contribution in [0.15, 0.2) is 18.2 Å². The molecule has 1 unspecified atom stereocenters. The van der Waals surface area contributed by atoms with Gasteiger partial charge in [-0.05, 0) is 62.5 Å². The van der Waals surface area contributed by atoms with E-state index in [1.165, 1.54) is 45.1 Å². The van der Waals surface area contributed by atoms with E-state index in [-0.39, 0.29) is 0 Å². The maximum atomic E-state index is 6.17. The van der Waals surface area contributed by atoms with Gasteiger partial charge in [0.05, 0.1) is 25.3 Å². The van der Waals surface area contributed by atoms with Crippen LogP contribution in [-0.4, -0.2) is 34.5 Å². The van der Waals surface area contributed by atoms with Gasteiger partial charge in [0, 0.05) is 10.9 Å². The summed E-state index contributed by atoms with van der Waals surface area (Å²) in [7, 11) is 1.65. The lowest BCUT2D eigenvalue weighted by atomic mass is 9.78. The average molecular weight is 394 g/mol. The third-order valence-electron chi connectivity index (χ3n) is 5.96. The average Bonchev–Trinajstić information content (AvgIpc) is 3.02. The molecule has 1 saturated heterocycles. The van der Waals surface area contributed by atoms with Crippen molar-refractivity contribution in [3.05, 3.63) is 28.0 Å². The Morgan fingerprint density at radius 3 is 2.96 bits per heavy atom. The second-order valence-electron chi connectivity index (χ2n) is 7.49. The molecule has 2 fully saturated rings. The topological polar surface area (TPSA) is 47.3 Å². The highest BCUT2D eigenvalue weighted by atomic mass is 35.5. The fraction of sp³-hybridized carbons (Fsp3) is 0.579. The van der Waals surface area contributed by atoms with E-state index in [9.17, 15) is 0 Å². The first-order valence-electron chi connectivity index (χ1n) is 9.51. The number of aromatic nitrogens is 3. The fourth-order valence-corrected chi connectivity index (χ4v) is 5.09. The van der Waals surface area contributed by atoms with Gasteiger partial charge in [0.25, 0.3) is 0 Å². The molecule has 1 aromatic heterocycles. The number of piperidine rings is 1. The lowest BCUT2D eigenvalue weighted by Gasteiger charge is -2.41. The van der Waals surface area contributed by atoms with Crippen molar-refractivity contribution >= 4 is 23.8 Å². The van der Waals surface area contributed by atoms with Crippen LogP contribution in [-0.2, 0) is 6.67 Å². The van der Waals surface area contributed by atoms with Crippen LogP contribution in [0.25, 0.3) is 11.4 Å². The zero-order chi connectivity index (χ0) is 18.1. The summed E-state index contributed by atoms with van der Waals surface area (Å²) in [5, 5.41) is 4.04. The summed E-state index contributed by atoms with van der Waals surface area (Å²) in [6.07, 6.45) is 8.21. The molecule has 5 nitrogen and oxygen atoms in total. The minimum atomic E-state index is 0.590. The van der Waals surface area contributed by atoms with Gasteiger partial charge < -0.3 is 9.64 Å². The van der Waals surface area contributed by atoms with Crippen LogP contribution < -0.4 is 9.64 Å². The zero-order valence-corrected chi connectivity index (χ0v) is 16.7. The highest BCUT2D eigenvalue weighted by molar-refractivity contribution is 7.71. The van der Waals surface area contributed by atoms with Crippen LogP contribution in [0.3, 0.4) is 0 Å². The molecule has 2 heterocycles. The summed E-state index contributed by atoms with van der Waals surface area (Å²) in [6, 6.07) is 6.31. The molecule has 0 bridgehead atoms. The number of methoxy groups -OCH3 is 1. The highest BCUT2D eigenvalue weighted by Gasteiger charge is 2.36. The molecule has 4 rings (SSSR count). The van der Waals surface area contributed by atoms with Gasteiger partial charge in [-0.25, -0.2) is 4.68 Å². The molecule has 1 aliphatic carbocycles. The Kier molecular flexibility index (Phi) is 5.34. The molecule has 1 aromatic carbocycles. The second kappa shape index (κ2) is 7.71. The Labute approximate surface area is 164 Å².